The van der Waals surface area contributed by atoms with Crippen molar-refractivity contribution in [1.82, 2.24) is 20.2 Å². The average Bonchev–Trinajstić information content (AvgIpc) is 2.77. The molecule has 90 valence electrons. The fourth-order valence-corrected chi connectivity index (χ4v) is 2.39. The Hall–Kier alpha value is -0.870. The number of hydrogen-bond donors (Lipinski definition) is 2. The third kappa shape index (κ3) is 3.61. The first-order chi connectivity index (χ1) is 7.84. The molecule has 0 saturated carbocycles. The van der Waals surface area contributed by atoms with Crippen molar-refractivity contribution in [2.75, 3.05) is 33.2 Å². The highest BCUT2D eigenvalue weighted by molar-refractivity contribution is 4.87. The molecule has 1 aliphatic heterocycles. The lowest BCUT2D eigenvalue weighted by molar-refractivity contribution is 0.206. The number of hydrogen-bond acceptors (Lipinski definition) is 3. The summed E-state index contributed by atoms with van der Waals surface area (Å²) in [5, 5.41) is 3.53. The van der Waals surface area contributed by atoms with E-state index < -0.39 is 0 Å². The summed E-state index contributed by atoms with van der Waals surface area (Å²) in [4.78, 5) is 9.77. The maximum absolute atomic E-state index is 4.21. The zero-order chi connectivity index (χ0) is 11.2. The van der Waals surface area contributed by atoms with Crippen molar-refractivity contribution in [2.45, 2.75) is 19.3 Å². The van der Waals surface area contributed by atoms with Crippen LogP contribution in [0.15, 0.2) is 12.4 Å². The van der Waals surface area contributed by atoms with E-state index in [1.807, 2.05) is 12.4 Å². The first-order valence-electron chi connectivity index (χ1n) is 6.22. The highest BCUT2D eigenvalue weighted by atomic mass is 15.1. The first-order valence-corrected chi connectivity index (χ1v) is 6.22. The molecule has 1 aromatic rings. The fourth-order valence-electron chi connectivity index (χ4n) is 2.39. The van der Waals surface area contributed by atoms with E-state index in [9.17, 15) is 0 Å². The predicted molar refractivity (Wildman–Crippen MR) is 65.4 cm³/mol. The van der Waals surface area contributed by atoms with Gasteiger partial charge >= 0.3 is 0 Å². The smallest absolute Gasteiger partial charge is 0.107 e. The zero-order valence-electron chi connectivity index (χ0n) is 10.1. The lowest BCUT2D eigenvalue weighted by Crippen LogP contribution is -2.37. The van der Waals surface area contributed by atoms with Gasteiger partial charge in [-0.05, 0) is 38.9 Å². The molecule has 1 unspecified atom stereocenters. The molecule has 1 atom stereocenters. The Balaban J connectivity index is 1.57. The Morgan fingerprint density at radius 3 is 3.31 bits per heavy atom. The minimum absolute atomic E-state index is 0.829. The van der Waals surface area contributed by atoms with Crippen LogP contribution in [0.1, 0.15) is 18.7 Å². The lowest BCUT2D eigenvalue weighted by Gasteiger charge is -2.29. The molecule has 2 heterocycles. The van der Waals surface area contributed by atoms with Gasteiger partial charge in [0.1, 0.15) is 5.82 Å². The van der Waals surface area contributed by atoms with Gasteiger partial charge in [-0.15, -0.1) is 0 Å². The molecule has 16 heavy (non-hydrogen) atoms. The summed E-state index contributed by atoms with van der Waals surface area (Å²) in [5.74, 6) is 1.91. The Morgan fingerprint density at radius 1 is 1.62 bits per heavy atom. The molecule has 1 saturated heterocycles. The normalized spacial score (nSPS) is 22.4. The van der Waals surface area contributed by atoms with Gasteiger partial charge in [-0.2, -0.15) is 0 Å². The maximum atomic E-state index is 4.21. The molecule has 1 fully saturated rings. The zero-order valence-corrected chi connectivity index (χ0v) is 10.1. The molecule has 1 aromatic heterocycles. The molecule has 0 radical (unpaired) electrons. The molecule has 0 aliphatic carbocycles. The Bertz CT molecular complexity index is 283. The van der Waals surface area contributed by atoms with Crippen LogP contribution in [0.3, 0.4) is 0 Å². The molecule has 0 bridgehead atoms. The molecule has 0 aromatic carbocycles. The van der Waals surface area contributed by atoms with Crippen LogP contribution in [0.4, 0.5) is 0 Å². The molecule has 0 spiro atoms. The molecule has 4 heteroatoms. The minimum Gasteiger partial charge on any atom is -0.349 e. The van der Waals surface area contributed by atoms with Crippen molar-refractivity contribution >= 4 is 0 Å². The van der Waals surface area contributed by atoms with Gasteiger partial charge in [0.2, 0.25) is 0 Å². The number of H-pyrrole nitrogens is 1. The number of rotatable bonds is 5. The van der Waals surface area contributed by atoms with Crippen LogP contribution in [-0.4, -0.2) is 48.1 Å². The molecule has 1 aliphatic rings. The van der Waals surface area contributed by atoms with Crippen molar-refractivity contribution in [3.63, 3.8) is 0 Å². The molecule has 4 nitrogen and oxygen atoms in total. The van der Waals surface area contributed by atoms with Crippen molar-refractivity contribution in [1.29, 1.82) is 0 Å². The molecule has 2 rings (SSSR count). The third-order valence-corrected chi connectivity index (χ3v) is 3.25. The standard InChI is InChI=1S/C12H22N4/c1-16-8-2-3-11(10-16)9-13-5-4-12-14-6-7-15-12/h6-7,11,13H,2-5,8-10H2,1H3,(H,14,15). The topological polar surface area (TPSA) is 44.0 Å². The van der Waals surface area contributed by atoms with Gasteiger partial charge < -0.3 is 15.2 Å². The summed E-state index contributed by atoms with van der Waals surface area (Å²) in [7, 11) is 2.22. The van der Waals surface area contributed by atoms with Crippen LogP contribution >= 0.6 is 0 Å². The fraction of sp³-hybridized carbons (Fsp3) is 0.750. The quantitative estimate of drug-likeness (QED) is 0.727. The van der Waals surface area contributed by atoms with E-state index >= 15 is 0 Å². The first kappa shape index (κ1) is 11.6. The summed E-state index contributed by atoms with van der Waals surface area (Å²) in [5.41, 5.74) is 0. The summed E-state index contributed by atoms with van der Waals surface area (Å²) in [6.45, 7) is 4.68. The monoisotopic (exact) mass is 222 g/mol. The molecule has 2 N–H and O–H groups in total. The number of nitrogens with zero attached hydrogens (tertiary/aromatic N) is 2. The number of aromatic amines is 1. The highest BCUT2D eigenvalue weighted by Gasteiger charge is 2.16. The van der Waals surface area contributed by atoms with Crippen LogP contribution in [0.2, 0.25) is 0 Å². The van der Waals surface area contributed by atoms with E-state index in [1.165, 1.54) is 25.9 Å². The molecular weight excluding hydrogens is 200 g/mol. The van der Waals surface area contributed by atoms with E-state index in [-0.39, 0.29) is 0 Å². The van der Waals surface area contributed by atoms with Gasteiger partial charge in [-0.1, -0.05) is 0 Å². The average molecular weight is 222 g/mol. The van der Waals surface area contributed by atoms with Gasteiger partial charge in [-0.25, -0.2) is 4.98 Å². The van der Waals surface area contributed by atoms with Crippen LogP contribution in [0.5, 0.6) is 0 Å². The second kappa shape index (κ2) is 6.01. The SMILES string of the molecule is CN1CCCC(CNCCc2ncc[nH]2)C1. The number of imidazole rings is 1. The van der Waals surface area contributed by atoms with Crippen molar-refractivity contribution in [2.24, 2.45) is 5.92 Å². The van der Waals surface area contributed by atoms with E-state index in [2.05, 4.69) is 27.2 Å². The Morgan fingerprint density at radius 2 is 2.56 bits per heavy atom. The van der Waals surface area contributed by atoms with Crippen molar-refractivity contribution in [3.05, 3.63) is 18.2 Å². The Kier molecular flexibility index (Phi) is 4.36. The van der Waals surface area contributed by atoms with E-state index in [1.54, 1.807) is 0 Å². The van der Waals surface area contributed by atoms with Crippen LogP contribution < -0.4 is 5.32 Å². The summed E-state index contributed by atoms with van der Waals surface area (Å²) in [6.07, 6.45) is 7.41. The minimum atomic E-state index is 0.829. The number of nitrogens with one attached hydrogen (secondary N) is 2. The number of piperidine rings is 1. The van der Waals surface area contributed by atoms with E-state index in [0.717, 1.165) is 31.3 Å². The van der Waals surface area contributed by atoms with Gasteiger partial charge in [0.15, 0.2) is 0 Å². The van der Waals surface area contributed by atoms with Gasteiger partial charge in [0, 0.05) is 31.9 Å². The van der Waals surface area contributed by atoms with Crippen LogP contribution in [-0.2, 0) is 6.42 Å². The lowest BCUT2D eigenvalue weighted by atomic mass is 9.98. The van der Waals surface area contributed by atoms with Crippen LogP contribution in [0, 0.1) is 5.92 Å². The third-order valence-electron chi connectivity index (χ3n) is 3.25. The second-order valence-corrected chi connectivity index (χ2v) is 4.76. The van der Waals surface area contributed by atoms with E-state index in [4.69, 9.17) is 0 Å². The van der Waals surface area contributed by atoms with Crippen molar-refractivity contribution in [3.8, 4) is 0 Å². The summed E-state index contributed by atoms with van der Waals surface area (Å²) >= 11 is 0. The second-order valence-electron chi connectivity index (χ2n) is 4.76. The Labute approximate surface area is 97.4 Å². The molecular formula is C12H22N4. The van der Waals surface area contributed by atoms with Crippen molar-refractivity contribution < 1.29 is 0 Å². The number of likely N-dealkylation sites (tertiary alicyclic amines) is 1. The highest BCUT2D eigenvalue weighted by Crippen LogP contribution is 2.13. The maximum Gasteiger partial charge on any atom is 0.107 e. The van der Waals surface area contributed by atoms with Gasteiger partial charge in [0.25, 0.3) is 0 Å². The number of aromatic nitrogens is 2. The summed E-state index contributed by atoms with van der Waals surface area (Å²) < 4.78 is 0. The molecule has 0 amide bonds. The predicted octanol–water partition coefficient (Wildman–Crippen LogP) is 0.884. The van der Waals surface area contributed by atoms with E-state index in [0.29, 0.717) is 0 Å². The van der Waals surface area contributed by atoms with Gasteiger partial charge in [-0.3, -0.25) is 0 Å². The van der Waals surface area contributed by atoms with Gasteiger partial charge in [0.05, 0.1) is 0 Å². The summed E-state index contributed by atoms with van der Waals surface area (Å²) in [6, 6.07) is 0. The largest absolute Gasteiger partial charge is 0.349 e. The van der Waals surface area contributed by atoms with Crippen LogP contribution in [0.25, 0.3) is 0 Å².